The van der Waals surface area contributed by atoms with Gasteiger partial charge in [0.1, 0.15) is 11.6 Å². The van der Waals surface area contributed by atoms with Crippen LogP contribution in [0.2, 0.25) is 0 Å². The Bertz CT molecular complexity index is 1270. The van der Waals surface area contributed by atoms with E-state index in [1.165, 1.54) is 17.1 Å². The van der Waals surface area contributed by atoms with E-state index in [4.69, 9.17) is 4.74 Å². The van der Waals surface area contributed by atoms with Crippen LogP contribution in [0.1, 0.15) is 41.8 Å². The molecule has 2 heterocycles. The second-order valence-corrected chi connectivity index (χ2v) is 8.83. The molecule has 0 spiro atoms. The average Bonchev–Trinajstić information content (AvgIpc) is 3.28. The maximum Gasteiger partial charge on any atom is 0.254 e. The van der Waals surface area contributed by atoms with Crippen LogP contribution in [0, 0.1) is 12.7 Å². The molecule has 1 N–H and O–H groups in total. The maximum atomic E-state index is 13.5. The van der Waals surface area contributed by atoms with Gasteiger partial charge in [-0.1, -0.05) is 30.8 Å². The molecule has 0 unspecified atom stereocenters. The second kappa shape index (κ2) is 10.2. The SMILES string of the molecule is CCc1c(C)nc(SCC(=O)N2N=C(c3ccc(OC)cc3)C[C@H]2c2ccc(F)cc2)[nH]c1=O. The molecule has 9 heteroatoms. The molecule has 1 aliphatic rings. The first kappa shape index (κ1) is 23.7. The molecule has 0 fully saturated rings. The van der Waals surface area contributed by atoms with Gasteiger partial charge in [-0.2, -0.15) is 5.10 Å². The van der Waals surface area contributed by atoms with Gasteiger partial charge in [0, 0.05) is 17.7 Å². The molecule has 1 atom stereocenters. The zero-order chi connectivity index (χ0) is 24.2. The van der Waals surface area contributed by atoms with E-state index >= 15 is 0 Å². The Morgan fingerprint density at radius 2 is 1.91 bits per heavy atom. The van der Waals surface area contributed by atoms with E-state index in [1.54, 1.807) is 26.2 Å². The van der Waals surface area contributed by atoms with Crippen molar-refractivity contribution in [3.8, 4) is 5.75 Å². The number of hydrogen-bond donors (Lipinski definition) is 1. The van der Waals surface area contributed by atoms with Crippen molar-refractivity contribution in [2.75, 3.05) is 12.9 Å². The summed E-state index contributed by atoms with van der Waals surface area (Å²) in [5.74, 6) is 0.202. The van der Waals surface area contributed by atoms with Crippen LogP contribution in [0.25, 0.3) is 0 Å². The van der Waals surface area contributed by atoms with Crippen LogP contribution in [0.5, 0.6) is 5.75 Å². The highest BCUT2D eigenvalue weighted by atomic mass is 32.2. The Balaban J connectivity index is 1.58. The number of hydrazone groups is 1. The van der Waals surface area contributed by atoms with E-state index in [0.29, 0.717) is 29.3 Å². The van der Waals surface area contributed by atoms with Crippen LogP contribution in [-0.2, 0) is 11.2 Å². The van der Waals surface area contributed by atoms with Crippen molar-refractivity contribution in [3.05, 3.63) is 87.1 Å². The van der Waals surface area contributed by atoms with Gasteiger partial charge in [0.25, 0.3) is 11.5 Å². The summed E-state index contributed by atoms with van der Waals surface area (Å²) in [5, 5.41) is 6.47. The Labute approximate surface area is 201 Å². The highest BCUT2D eigenvalue weighted by Gasteiger charge is 2.33. The summed E-state index contributed by atoms with van der Waals surface area (Å²) >= 11 is 1.16. The minimum absolute atomic E-state index is 0.0466. The average molecular weight is 481 g/mol. The third-order valence-corrected chi connectivity index (χ3v) is 6.59. The molecule has 2 aromatic carbocycles. The van der Waals surface area contributed by atoms with Gasteiger partial charge < -0.3 is 9.72 Å². The summed E-state index contributed by atoms with van der Waals surface area (Å²) in [5.41, 5.74) is 3.54. The summed E-state index contributed by atoms with van der Waals surface area (Å²) in [6.45, 7) is 3.69. The largest absolute Gasteiger partial charge is 0.497 e. The van der Waals surface area contributed by atoms with Gasteiger partial charge >= 0.3 is 0 Å². The molecule has 1 aromatic heterocycles. The summed E-state index contributed by atoms with van der Waals surface area (Å²) in [7, 11) is 1.60. The number of carbonyl (C=O) groups is 1. The number of amides is 1. The number of nitrogens with zero attached hydrogens (tertiary/aromatic N) is 3. The highest BCUT2D eigenvalue weighted by molar-refractivity contribution is 7.99. The number of carbonyl (C=O) groups excluding carboxylic acids is 1. The standard InChI is InChI=1S/C25H25FN4O3S/c1-4-20-15(2)27-25(28-24(20)32)34-14-23(31)30-22(17-5-9-18(26)10-6-17)13-21(29-30)16-7-11-19(33-3)12-8-16/h5-12,22H,4,13-14H2,1-3H3,(H,27,28,32)/t22-/m0/s1. The number of aryl methyl sites for hydroxylation is 1. The van der Waals surface area contributed by atoms with Gasteiger partial charge in [-0.25, -0.2) is 14.4 Å². The van der Waals surface area contributed by atoms with Gasteiger partial charge in [0.15, 0.2) is 5.16 Å². The van der Waals surface area contributed by atoms with Crippen molar-refractivity contribution < 1.29 is 13.9 Å². The molecule has 0 radical (unpaired) electrons. The number of benzene rings is 2. The van der Waals surface area contributed by atoms with E-state index in [9.17, 15) is 14.0 Å². The topological polar surface area (TPSA) is 87.7 Å². The number of nitrogens with one attached hydrogen (secondary N) is 1. The van der Waals surface area contributed by atoms with E-state index in [1.807, 2.05) is 31.2 Å². The van der Waals surface area contributed by atoms with Crippen molar-refractivity contribution in [1.82, 2.24) is 15.0 Å². The van der Waals surface area contributed by atoms with E-state index in [0.717, 1.165) is 34.3 Å². The first-order valence-electron chi connectivity index (χ1n) is 10.9. The van der Waals surface area contributed by atoms with Crippen LogP contribution in [0.15, 0.2) is 63.6 Å². The van der Waals surface area contributed by atoms with Crippen LogP contribution < -0.4 is 10.3 Å². The number of H-pyrrole nitrogens is 1. The van der Waals surface area contributed by atoms with E-state index < -0.39 is 0 Å². The molecule has 0 aliphatic carbocycles. The van der Waals surface area contributed by atoms with Crippen LogP contribution in [0.4, 0.5) is 4.39 Å². The van der Waals surface area contributed by atoms with Crippen LogP contribution in [0.3, 0.4) is 0 Å². The number of ether oxygens (including phenoxy) is 1. The third kappa shape index (κ3) is 5.04. The summed E-state index contributed by atoms with van der Waals surface area (Å²) < 4.78 is 18.7. The van der Waals surface area contributed by atoms with Gasteiger partial charge in [-0.15, -0.1) is 0 Å². The zero-order valence-electron chi connectivity index (χ0n) is 19.2. The van der Waals surface area contributed by atoms with Gasteiger partial charge in [-0.05, 0) is 60.9 Å². The molecular weight excluding hydrogens is 455 g/mol. The molecule has 1 aliphatic heterocycles. The lowest BCUT2D eigenvalue weighted by molar-refractivity contribution is -0.130. The van der Waals surface area contributed by atoms with Crippen molar-refractivity contribution in [3.63, 3.8) is 0 Å². The number of aromatic amines is 1. The van der Waals surface area contributed by atoms with Gasteiger partial charge in [0.05, 0.1) is 24.6 Å². The van der Waals surface area contributed by atoms with Crippen molar-refractivity contribution in [2.45, 2.75) is 37.9 Å². The zero-order valence-corrected chi connectivity index (χ0v) is 20.0. The monoisotopic (exact) mass is 480 g/mol. The van der Waals surface area contributed by atoms with Crippen molar-refractivity contribution in [1.29, 1.82) is 0 Å². The quantitative estimate of drug-likeness (QED) is 0.403. The van der Waals surface area contributed by atoms with E-state index in [-0.39, 0.29) is 29.1 Å². The molecule has 1 amide bonds. The fourth-order valence-electron chi connectivity index (χ4n) is 3.91. The van der Waals surface area contributed by atoms with Gasteiger partial charge in [0.2, 0.25) is 0 Å². The first-order valence-corrected chi connectivity index (χ1v) is 11.9. The lowest BCUT2D eigenvalue weighted by atomic mass is 9.98. The number of methoxy groups -OCH3 is 1. The predicted octanol–water partition coefficient (Wildman–Crippen LogP) is 4.26. The second-order valence-electron chi connectivity index (χ2n) is 7.86. The minimum Gasteiger partial charge on any atom is -0.497 e. The Morgan fingerprint density at radius 3 is 2.53 bits per heavy atom. The summed E-state index contributed by atoms with van der Waals surface area (Å²) in [6.07, 6.45) is 1.09. The normalized spacial score (nSPS) is 15.4. The molecular formula is C25H25FN4O3S. The van der Waals surface area contributed by atoms with Crippen molar-refractivity contribution >= 4 is 23.4 Å². The third-order valence-electron chi connectivity index (χ3n) is 5.73. The molecule has 0 saturated heterocycles. The number of hydrogen-bond acceptors (Lipinski definition) is 6. The fourth-order valence-corrected chi connectivity index (χ4v) is 4.67. The predicted molar refractivity (Wildman–Crippen MR) is 130 cm³/mol. The first-order chi connectivity index (χ1) is 16.4. The summed E-state index contributed by atoms with van der Waals surface area (Å²) in [6, 6.07) is 13.2. The number of aromatic nitrogens is 2. The highest BCUT2D eigenvalue weighted by Crippen LogP contribution is 2.34. The Hall–Kier alpha value is -3.46. The molecule has 176 valence electrons. The van der Waals surface area contributed by atoms with E-state index in [2.05, 4.69) is 15.1 Å². The van der Waals surface area contributed by atoms with Crippen molar-refractivity contribution in [2.24, 2.45) is 5.10 Å². The maximum absolute atomic E-state index is 13.5. The lowest BCUT2D eigenvalue weighted by Crippen LogP contribution is -2.29. The number of thioether (sulfide) groups is 1. The van der Waals surface area contributed by atoms with Crippen LogP contribution in [-0.4, -0.2) is 39.5 Å². The Morgan fingerprint density at radius 1 is 1.21 bits per heavy atom. The minimum atomic E-state index is -0.359. The Kier molecular flexibility index (Phi) is 7.12. The molecule has 7 nitrogen and oxygen atoms in total. The molecule has 3 aromatic rings. The summed E-state index contributed by atoms with van der Waals surface area (Å²) in [4.78, 5) is 32.6. The molecule has 0 bridgehead atoms. The number of halogens is 1. The number of rotatable bonds is 7. The fraction of sp³-hybridized carbons (Fsp3) is 0.280. The molecule has 34 heavy (non-hydrogen) atoms. The smallest absolute Gasteiger partial charge is 0.254 e. The van der Waals surface area contributed by atoms with Gasteiger partial charge in [-0.3, -0.25) is 9.59 Å². The molecule has 4 rings (SSSR count). The van der Waals surface area contributed by atoms with Crippen LogP contribution >= 0.6 is 11.8 Å². The molecule has 0 saturated carbocycles. The lowest BCUT2D eigenvalue weighted by Gasteiger charge is -2.22.